The first-order chi connectivity index (χ1) is 8.13. The second kappa shape index (κ2) is 5.03. The van der Waals surface area contributed by atoms with Gasteiger partial charge in [-0.25, -0.2) is 4.98 Å². The maximum atomic E-state index is 6.22. The van der Waals surface area contributed by atoms with Crippen LogP contribution in [-0.4, -0.2) is 4.98 Å². The average molecular weight is 249 g/mol. The lowest BCUT2D eigenvalue weighted by Gasteiger charge is -2.19. The highest BCUT2D eigenvalue weighted by molar-refractivity contribution is 6.30. The summed E-state index contributed by atoms with van der Waals surface area (Å²) in [6.07, 6.45) is 1.03. The van der Waals surface area contributed by atoms with Crippen molar-refractivity contribution in [2.24, 2.45) is 11.7 Å². The number of nitrogens with two attached hydrogens (primary N) is 1. The second-order valence-corrected chi connectivity index (χ2v) is 4.83. The van der Waals surface area contributed by atoms with Crippen LogP contribution in [0.15, 0.2) is 30.3 Å². The standard InChI is InChI=1S/C14H17ClN2/c1-3-9(2)13(16)11-8-10-6-4-5-7-12(10)17-14(11)15/h4-9,13H,3,16H2,1-2H3/t9?,13-/m0/s1. The highest BCUT2D eigenvalue weighted by atomic mass is 35.5. The normalized spacial score (nSPS) is 14.8. The van der Waals surface area contributed by atoms with Crippen LogP contribution >= 0.6 is 11.6 Å². The quantitative estimate of drug-likeness (QED) is 0.836. The number of pyridine rings is 1. The van der Waals surface area contributed by atoms with Crippen molar-refractivity contribution in [1.29, 1.82) is 0 Å². The number of fused-ring (bicyclic) bond motifs is 1. The summed E-state index contributed by atoms with van der Waals surface area (Å²) in [6.45, 7) is 4.27. The summed E-state index contributed by atoms with van der Waals surface area (Å²) >= 11 is 6.21. The van der Waals surface area contributed by atoms with E-state index in [2.05, 4.69) is 24.9 Å². The molecule has 0 bridgehead atoms. The zero-order valence-electron chi connectivity index (χ0n) is 10.2. The average Bonchev–Trinajstić information content (AvgIpc) is 2.36. The minimum atomic E-state index is -0.0513. The van der Waals surface area contributed by atoms with Crippen LogP contribution < -0.4 is 5.73 Å². The Kier molecular flexibility index (Phi) is 3.65. The van der Waals surface area contributed by atoms with Crippen molar-refractivity contribution in [3.8, 4) is 0 Å². The van der Waals surface area contributed by atoms with Gasteiger partial charge in [0.05, 0.1) is 5.52 Å². The number of para-hydroxylation sites is 1. The molecule has 0 radical (unpaired) electrons. The molecule has 1 aromatic carbocycles. The zero-order valence-corrected chi connectivity index (χ0v) is 10.9. The topological polar surface area (TPSA) is 38.9 Å². The van der Waals surface area contributed by atoms with Crippen molar-refractivity contribution in [1.82, 2.24) is 4.98 Å². The van der Waals surface area contributed by atoms with Gasteiger partial charge in [-0.1, -0.05) is 50.1 Å². The molecular weight excluding hydrogens is 232 g/mol. The predicted molar refractivity (Wildman–Crippen MR) is 73.1 cm³/mol. The molecule has 17 heavy (non-hydrogen) atoms. The van der Waals surface area contributed by atoms with Gasteiger partial charge in [0.1, 0.15) is 5.15 Å². The Morgan fingerprint density at radius 2 is 2.06 bits per heavy atom. The Hall–Kier alpha value is -1.12. The van der Waals surface area contributed by atoms with Crippen LogP contribution in [0.3, 0.4) is 0 Å². The van der Waals surface area contributed by atoms with Gasteiger partial charge < -0.3 is 5.73 Å². The smallest absolute Gasteiger partial charge is 0.134 e. The van der Waals surface area contributed by atoms with Crippen LogP contribution in [0.2, 0.25) is 5.15 Å². The van der Waals surface area contributed by atoms with Gasteiger partial charge >= 0.3 is 0 Å². The first-order valence-electron chi connectivity index (χ1n) is 5.94. The second-order valence-electron chi connectivity index (χ2n) is 4.47. The molecule has 2 atom stereocenters. The summed E-state index contributed by atoms with van der Waals surface area (Å²) in [4.78, 5) is 4.40. The monoisotopic (exact) mass is 248 g/mol. The zero-order chi connectivity index (χ0) is 12.4. The highest BCUT2D eigenvalue weighted by Gasteiger charge is 2.17. The van der Waals surface area contributed by atoms with E-state index >= 15 is 0 Å². The molecule has 0 saturated carbocycles. The van der Waals surface area contributed by atoms with Crippen LogP contribution in [0.25, 0.3) is 10.9 Å². The van der Waals surface area contributed by atoms with Crippen molar-refractivity contribution in [3.05, 3.63) is 41.0 Å². The lowest BCUT2D eigenvalue weighted by atomic mass is 9.93. The van der Waals surface area contributed by atoms with E-state index < -0.39 is 0 Å². The largest absolute Gasteiger partial charge is 0.324 e. The van der Waals surface area contributed by atoms with Crippen molar-refractivity contribution < 1.29 is 0 Å². The summed E-state index contributed by atoms with van der Waals surface area (Å²) in [6, 6.07) is 9.95. The number of halogens is 1. The van der Waals surface area contributed by atoms with Crippen LogP contribution in [0.5, 0.6) is 0 Å². The molecule has 0 amide bonds. The molecule has 2 rings (SSSR count). The maximum Gasteiger partial charge on any atom is 0.134 e. The third kappa shape index (κ3) is 2.43. The van der Waals surface area contributed by atoms with E-state index in [1.54, 1.807) is 0 Å². The predicted octanol–water partition coefficient (Wildman–Crippen LogP) is 3.93. The number of aromatic nitrogens is 1. The molecule has 0 saturated heterocycles. The molecule has 2 nitrogen and oxygen atoms in total. The molecule has 1 aromatic heterocycles. The Balaban J connectivity index is 2.50. The number of benzene rings is 1. The first-order valence-corrected chi connectivity index (χ1v) is 6.32. The van der Waals surface area contributed by atoms with Crippen molar-refractivity contribution in [2.75, 3.05) is 0 Å². The SMILES string of the molecule is CCC(C)[C@H](N)c1cc2ccccc2nc1Cl. The molecule has 1 unspecified atom stereocenters. The van der Waals surface area contributed by atoms with Gasteiger partial charge in [0, 0.05) is 17.0 Å². The Morgan fingerprint density at radius 3 is 2.76 bits per heavy atom. The van der Waals surface area contributed by atoms with Gasteiger partial charge in [0.15, 0.2) is 0 Å². The first kappa shape index (κ1) is 12.3. The van der Waals surface area contributed by atoms with Gasteiger partial charge in [-0.2, -0.15) is 0 Å². The summed E-state index contributed by atoms with van der Waals surface area (Å²) in [5.41, 5.74) is 8.08. The van der Waals surface area contributed by atoms with Crippen LogP contribution in [0, 0.1) is 5.92 Å². The van der Waals surface area contributed by atoms with E-state index in [1.807, 2.05) is 24.3 Å². The fourth-order valence-electron chi connectivity index (χ4n) is 1.90. The summed E-state index contributed by atoms with van der Waals surface area (Å²) < 4.78 is 0. The van der Waals surface area contributed by atoms with E-state index in [4.69, 9.17) is 17.3 Å². The van der Waals surface area contributed by atoms with Crippen LogP contribution in [0.4, 0.5) is 0 Å². The van der Waals surface area contributed by atoms with Crippen molar-refractivity contribution >= 4 is 22.5 Å². The Bertz CT molecular complexity index is 525. The summed E-state index contributed by atoms with van der Waals surface area (Å²) in [5.74, 6) is 0.399. The van der Waals surface area contributed by atoms with Gasteiger partial charge in [-0.05, 0) is 18.1 Å². The lowest BCUT2D eigenvalue weighted by molar-refractivity contribution is 0.456. The number of nitrogens with zero attached hydrogens (tertiary/aromatic N) is 1. The molecule has 1 heterocycles. The van der Waals surface area contributed by atoms with Gasteiger partial charge in [-0.3, -0.25) is 0 Å². The minimum absolute atomic E-state index is 0.0513. The molecule has 0 aliphatic carbocycles. The summed E-state index contributed by atoms with van der Waals surface area (Å²) in [7, 11) is 0. The fourth-order valence-corrected chi connectivity index (χ4v) is 2.17. The van der Waals surface area contributed by atoms with Crippen LogP contribution in [-0.2, 0) is 0 Å². The molecule has 0 fully saturated rings. The fraction of sp³-hybridized carbons (Fsp3) is 0.357. The molecular formula is C14H17ClN2. The Morgan fingerprint density at radius 1 is 1.35 bits per heavy atom. The molecule has 0 spiro atoms. The molecule has 0 aliphatic rings. The van der Waals surface area contributed by atoms with E-state index in [0.717, 1.165) is 22.9 Å². The van der Waals surface area contributed by atoms with Crippen LogP contribution in [0.1, 0.15) is 31.9 Å². The molecule has 2 aromatic rings. The number of rotatable bonds is 3. The van der Waals surface area contributed by atoms with E-state index in [1.165, 1.54) is 0 Å². The van der Waals surface area contributed by atoms with Crippen molar-refractivity contribution in [2.45, 2.75) is 26.3 Å². The van der Waals surface area contributed by atoms with E-state index in [-0.39, 0.29) is 6.04 Å². The molecule has 90 valence electrons. The number of hydrogen-bond donors (Lipinski definition) is 1. The van der Waals surface area contributed by atoms with Gasteiger partial charge in [-0.15, -0.1) is 0 Å². The summed E-state index contributed by atoms with van der Waals surface area (Å²) in [5, 5.41) is 1.61. The number of hydrogen-bond acceptors (Lipinski definition) is 2. The highest BCUT2D eigenvalue weighted by Crippen LogP contribution is 2.29. The third-order valence-electron chi connectivity index (χ3n) is 3.32. The molecule has 3 heteroatoms. The Labute approximate surface area is 107 Å². The molecule has 0 aliphatic heterocycles. The lowest BCUT2D eigenvalue weighted by Crippen LogP contribution is -2.19. The minimum Gasteiger partial charge on any atom is -0.324 e. The van der Waals surface area contributed by atoms with E-state index in [0.29, 0.717) is 11.1 Å². The molecule has 2 N–H and O–H groups in total. The van der Waals surface area contributed by atoms with E-state index in [9.17, 15) is 0 Å². The third-order valence-corrected chi connectivity index (χ3v) is 3.62. The van der Waals surface area contributed by atoms with Gasteiger partial charge in [0.25, 0.3) is 0 Å². The maximum absolute atomic E-state index is 6.22. The van der Waals surface area contributed by atoms with Crippen molar-refractivity contribution in [3.63, 3.8) is 0 Å². The van der Waals surface area contributed by atoms with Gasteiger partial charge in [0.2, 0.25) is 0 Å².